The summed E-state index contributed by atoms with van der Waals surface area (Å²) in [6, 6.07) is 5.65. The monoisotopic (exact) mass is 207 g/mol. The van der Waals surface area contributed by atoms with Crippen molar-refractivity contribution in [3.63, 3.8) is 0 Å². The highest BCUT2D eigenvalue weighted by molar-refractivity contribution is 5.73. The number of rotatable bonds is 5. The van der Waals surface area contributed by atoms with E-state index in [0.29, 0.717) is 13.2 Å². The molecule has 1 aromatic heterocycles. The third-order valence-corrected chi connectivity index (χ3v) is 2.55. The van der Waals surface area contributed by atoms with E-state index in [1.165, 1.54) is 0 Å². The molecule has 0 spiro atoms. The number of carboxylic acid groups (broad SMARTS) is 1. The van der Waals surface area contributed by atoms with Crippen LogP contribution in [0.5, 0.6) is 0 Å². The van der Waals surface area contributed by atoms with Crippen LogP contribution in [0.25, 0.3) is 0 Å². The summed E-state index contributed by atoms with van der Waals surface area (Å²) in [6.07, 6.45) is 2.47. The number of carboxylic acids is 1. The summed E-state index contributed by atoms with van der Waals surface area (Å²) in [5.41, 5.74) is 0.880. The van der Waals surface area contributed by atoms with Crippen LogP contribution >= 0.6 is 0 Å². The van der Waals surface area contributed by atoms with Gasteiger partial charge in [-0.05, 0) is 24.5 Å². The third-order valence-electron chi connectivity index (χ3n) is 2.55. The van der Waals surface area contributed by atoms with Crippen LogP contribution < -0.4 is 0 Å². The molecule has 1 fully saturated rings. The molecule has 1 aliphatic carbocycles. The fourth-order valence-electron chi connectivity index (χ4n) is 1.53. The molecular formula is C11H13NO3. The highest BCUT2D eigenvalue weighted by atomic mass is 16.5. The summed E-state index contributed by atoms with van der Waals surface area (Å²) in [7, 11) is 0. The Morgan fingerprint density at radius 1 is 1.60 bits per heavy atom. The number of ether oxygens (including phenoxy) is 1. The van der Waals surface area contributed by atoms with Gasteiger partial charge in [-0.25, -0.2) is 0 Å². The van der Waals surface area contributed by atoms with Gasteiger partial charge in [-0.15, -0.1) is 0 Å². The molecule has 0 aromatic carbocycles. The number of hydrogen-bond acceptors (Lipinski definition) is 3. The van der Waals surface area contributed by atoms with Crippen LogP contribution in [-0.4, -0.2) is 22.7 Å². The van der Waals surface area contributed by atoms with E-state index in [0.717, 1.165) is 12.1 Å². The molecule has 0 radical (unpaired) electrons. The van der Waals surface area contributed by atoms with E-state index in [-0.39, 0.29) is 11.8 Å². The molecule has 80 valence electrons. The minimum absolute atomic E-state index is 0.186. The summed E-state index contributed by atoms with van der Waals surface area (Å²) < 4.78 is 5.40. The van der Waals surface area contributed by atoms with Crippen molar-refractivity contribution in [1.82, 2.24) is 4.98 Å². The molecule has 1 N–H and O–H groups in total. The topological polar surface area (TPSA) is 59.4 Å². The minimum Gasteiger partial charge on any atom is -0.481 e. The Hall–Kier alpha value is -1.42. The summed E-state index contributed by atoms with van der Waals surface area (Å²) in [6.45, 7) is 0.983. The Kier molecular flexibility index (Phi) is 2.97. The maximum absolute atomic E-state index is 10.5. The number of aliphatic carboxylic acids is 1. The van der Waals surface area contributed by atoms with Gasteiger partial charge in [0.25, 0.3) is 0 Å². The molecule has 2 atom stereocenters. The van der Waals surface area contributed by atoms with Gasteiger partial charge in [-0.1, -0.05) is 6.07 Å². The maximum Gasteiger partial charge on any atom is 0.306 e. The predicted octanol–water partition coefficient (Wildman–Crippen LogP) is 1.32. The first-order chi connectivity index (χ1) is 7.27. The van der Waals surface area contributed by atoms with Crippen LogP contribution in [0.2, 0.25) is 0 Å². The Morgan fingerprint density at radius 2 is 2.47 bits per heavy atom. The van der Waals surface area contributed by atoms with Crippen molar-refractivity contribution in [1.29, 1.82) is 0 Å². The highest BCUT2D eigenvalue weighted by Gasteiger charge is 2.43. The fraction of sp³-hybridized carbons (Fsp3) is 0.455. The van der Waals surface area contributed by atoms with Gasteiger partial charge in [0.05, 0.1) is 24.8 Å². The molecule has 4 heteroatoms. The lowest BCUT2D eigenvalue weighted by atomic mass is 10.3. The molecule has 0 amide bonds. The van der Waals surface area contributed by atoms with Crippen LogP contribution in [0, 0.1) is 11.8 Å². The van der Waals surface area contributed by atoms with Crippen LogP contribution in [0.3, 0.4) is 0 Å². The maximum atomic E-state index is 10.5. The number of hydrogen-bond donors (Lipinski definition) is 1. The van der Waals surface area contributed by atoms with Gasteiger partial charge in [0.15, 0.2) is 0 Å². The highest BCUT2D eigenvalue weighted by Crippen LogP contribution is 2.38. The molecule has 0 saturated heterocycles. The number of carbonyl (C=O) groups is 1. The Balaban J connectivity index is 1.67. The quantitative estimate of drug-likeness (QED) is 0.791. The smallest absolute Gasteiger partial charge is 0.306 e. The fourth-order valence-corrected chi connectivity index (χ4v) is 1.53. The molecule has 1 saturated carbocycles. The normalized spacial score (nSPS) is 23.7. The van der Waals surface area contributed by atoms with Crippen LogP contribution in [0.1, 0.15) is 12.1 Å². The van der Waals surface area contributed by atoms with Crippen LogP contribution in [-0.2, 0) is 16.1 Å². The Morgan fingerprint density at radius 3 is 3.07 bits per heavy atom. The van der Waals surface area contributed by atoms with E-state index in [2.05, 4.69) is 4.98 Å². The van der Waals surface area contributed by atoms with E-state index >= 15 is 0 Å². The molecule has 4 nitrogen and oxygen atoms in total. The zero-order valence-electron chi connectivity index (χ0n) is 8.30. The average Bonchev–Trinajstić information content (AvgIpc) is 2.99. The van der Waals surface area contributed by atoms with Crippen molar-refractivity contribution in [3.8, 4) is 0 Å². The summed E-state index contributed by atoms with van der Waals surface area (Å²) in [5.74, 6) is -0.693. The van der Waals surface area contributed by atoms with E-state index in [1.54, 1.807) is 6.20 Å². The van der Waals surface area contributed by atoms with Crippen molar-refractivity contribution in [3.05, 3.63) is 30.1 Å². The summed E-state index contributed by atoms with van der Waals surface area (Å²) >= 11 is 0. The standard InChI is InChI=1S/C11H13NO3/c13-11(14)10-5-8(10)6-15-7-9-3-1-2-4-12-9/h1-4,8,10H,5-7H2,(H,13,14)/t8-,10+/m1/s1. The summed E-state index contributed by atoms with van der Waals surface area (Å²) in [4.78, 5) is 14.6. The first-order valence-electron chi connectivity index (χ1n) is 4.98. The first-order valence-corrected chi connectivity index (χ1v) is 4.98. The molecule has 1 aromatic rings. The summed E-state index contributed by atoms with van der Waals surface area (Å²) in [5, 5.41) is 8.67. The van der Waals surface area contributed by atoms with Crippen LogP contribution in [0.15, 0.2) is 24.4 Å². The molecule has 2 rings (SSSR count). The Labute approximate surface area is 87.9 Å². The third kappa shape index (κ3) is 2.76. The number of pyridine rings is 1. The van der Waals surface area contributed by atoms with Gasteiger partial charge in [-0.2, -0.15) is 0 Å². The molecule has 1 heterocycles. The van der Waals surface area contributed by atoms with Gasteiger partial charge in [0, 0.05) is 6.20 Å². The zero-order chi connectivity index (χ0) is 10.7. The lowest BCUT2D eigenvalue weighted by Crippen LogP contribution is -2.04. The molecule has 0 unspecified atom stereocenters. The average molecular weight is 207 g/mol. The molecule has 1 aliphatic rings. The lowest BCUT2D eigenvalue weighted by molar-refractivity contribution is -0.139. The molecule has 0 bridgehead atoms. The van der Waals surface area contributed by atoms with Gasteiger partial charge in [0.2, 0.25) is 0 Å². The number of aromatic nitrogens is 1. The largest absolute Gasteiger partial charge is 0.481 e. The van der Waals surface area contributed by atoms with E-state index < -0.39 is 5.97 Å². The van der Waals surface area contributed by atoms with Gasteiger partial charge < -0.3 is 9.84 Å². The molecular weight excluding hydrogens is 194 g/mol. The van der Waals surface area contributed by atoms with Crippen molar-refractivity contribution in [2.75, 3.05) is 6.61 Å². The second kappa shape index (κ2) is 4.40. The zero-order valence-corrected chi connectivity index (χ0v) is 8.30. The van der Waals surface area contributed by atoms with E-state index in [9.17, 15) is 4.79 Å². The van der Waals surface area contributed by atoms with E-state index in [1.807, 2.05) is 18.2 Å². The van der Waals surface area contributed by atoms with E-state index in [4.69, 9.17) is 9.84 Å². The van der Waals surface area contributed by atoms with Crippen molar-refractivity contribution < 1.29 is 14.6 Å². The second-order valence-electron chi connectivity index (χ2n) is 3.78. The van der Waals surface area contributed by atoms with Crippen molar-refractivity contribution in [2.45, 2.75) is 13.0 Å². The van der Waals surface area contributed by atoms with Gasteiger partial charge >= 0.3 is 5.97 Å². The first kappa shape index (κ1) is 10.1. The number of nitrogens with zero attached hydrogens (tertiary/aromatic N) is 1. The second-order valence-corrected chi connectivity index (χ2v) is 3.78. The van der Waals surface area contributed by atoms with Gasteiger partial charge in [0.1, 0.15) is 0 Å². The molecule has 0 aliphatic heterocycles. The Bertz CT molecular complexity index is 339. The SMILES string of the molecule is O=C(O)[C@H]1C[C@@H]1COCc1ccccn1. The predicted molar refractivity (Wildman–Crippen MR) is 53.1 cm³/mol. The van der Waals surface area contributed by atoms with Crippen molar-refractivity contribution >= 4 is 5.97 Å². The van der Waals surface area contributed by atoms with Crippen molar-refractivity contribution in [2.24, 2.45) is 11.8 Å². The lowest BCUT2D eigenvalue weighted by Gasteiger charge is -2.01. The van der Waals surface area contributed by atoms with Gasteiger partial charge in [-0.3, -0.25) is 9.78 Å². The van der Waals surface area contributed by atoms with Crippen LogP contribution in [0.4, 0.5) is 0 Å². The molecule has 15 heavy (non-hydrogen) atoms. The minimum atomic E-state index is -0.707.